The average Bonchev–Trinajstić information content (AvgIpc) is 2.88. The number of anilines is 1. The maximum atomic E-state index is 5.69. The third-order valence-corrected chi connectivity index (χ3v) is 3.50. The van der Waals surface area contributed by atoms with Crippen molar-refractivity contribution in [1.29, 1.82) is 0 Å². The van der Waals surface area contributed by atoms with Crippen LogP contribution in [-0.2, 0) is 16.8 Å². The van der Waals surface area contributed by atoms with E-state index in [4.69, 9.17) is 15.0 Å². The molecule has 0 spiro atoms. The minimum absolute atomic E-state index is 0.287. The summed E-state index contributed by atoms with van der Waals surface area (Å²) in [6.45, 7) is 5.94. The molecule has 0 aliphatic heterocycles. The number of aromatic nitrogens is 2. The third kappa shape index (κ3) is 3.17. The van der Waals surface area contributed by atoms with Gasteiger partial charge in [-0.1, -0.05) is 24.2 Å². The lowest BCUT2D eigenvalue weighted by molar-refractivity contribution is 0.00973. The fourth-order valence-corrected chi connectivity index (χ4v) is 1.88. The van der Waals surface area contributed by atoms with Gasteiger partial charge in [0.05, 0.1) is 0 Å². The van der Waals surface area contributed by atoms with Crippen molar-refractivity contribution in [1.82, 2.24) is 10.1 Å². The SMILES string of the molecule is COC(C)(C)c1noc(CC(C)c2ccc(N)cc2)n1. The molecular formula is C15H21N3O2. The van der Waals surface area contributed by atoms with Crippen LogP contribution >= 0.6 is 0 Å². The molecule has 2 rings (SSSR count). The monoisotopic (exact) mass is 275 g/mol. The summed E-state index contributed by atoms with van der Waals surface area (Å²) >= 11 is 0. The molecular weight excluding hydrogens is 254 g/mol. The highest BCUT2D eigenvalue weighted by molar-refractivity contribution is 5.40. The van der Waals surface area contributed by atoms with Gasteiger partial charge >= 0.3 is 0 Å². The molecule has 0 saturated carbocycles. The van der Waals surface area contributed by atoms with Crippen molar-refractivity contribution in [3.05, 3.63) is 41.5 Å². The zero-order valence-corrected chi connectivity index (χ0v) is 12.4. The molecule has 2 aromatic rings. The molecule has 1 aromatic carbocycles. The van der Waals surface area contributed by atoms with E-state index in [-0.39, 0.29) is 5.92 Å². The van der Waals surface area contributed by atoms with Gasteiger partial charge in [0.2, 0.25) is 11.7 Å². The summed E-state index contributed by atoms with van der Waals surface area (Å²) in [5.74, 6) is 1.48. The summed E-state index contributed by atoms with van der Waals surface area (Å²) in [4.78, 5) is 4.41. The standard InChI is InChI=1S/C15H21N3O2/c1-10(11-5-7-12(16)8-6-11)9-13-17-14(18-20-13)15(2,3)19-4/h5-8,10H,9,16H2,1-4H3. The van der Waals surface area contributed by atoms with Crippen molar-refractivity contribution in [3.63, 3.8) is 0 Å². The third-order valence-electron chi connectivity index (χ3n) is 3.50. The zero-order valence-electron chi connectivity index (χ0n) is 12.4. The lowest BCUT2D eigenvalue weighted by Gasteiger charge is -2.17. The van der Waals surface area contributed by atoms with Crippen LogP contribution in [0.2, 0.25) is 0 Å². The van der Waals surface area contributed by atoms with Gasteiger partial charge in [-0.2, -0.15) is 4.98 Å². The second-order valence-corrected chi connectivity index (χ2v) is 5.50. The number of nitrogens with two attached hydrogens (primary N) is 1. The lowest BCUT2D eigenvalue weighted by Crippen LogP contribution is -2.21. The number of hydrogen-bond donors (Lipinski definition) is 1. The predicted octanol–water partition coefficient (Wildman–Crippen LogP) is 2.88. The molecule has 1 aromatic heterocycles. The number of methoxy groups -OCH3 is 1. The van der Waals surface area contributed by atoms with Crippen LogP contribution in [0.15, 0.2) is 28.8 Å². The molecule has 0 saturated heterocycles. The normalized spacial score (nSPS) is 13.4. The topological polar surface area (TPSA) is 74.2 Å². The largest absolute Gasteiger partial charge is 0.399 e. The van der Waals surface area contributed by atoms with E-state index in [9.17, 15) is 0 Å². The maximum absolute atomic E-state index is 5.69. The first-order chi connectivity index (χ1) is 9.42. The molecule has 0 amide bonds. The summed E-state index contributed by atoms with van der Waals surface area (Å²) in [6, 6.07) is 7.85. The van der Waals surface area contributed by atoms with Gasteiger partial charge in [0, 0.05) is 19.2 Å². The van der Waals surface area contributed by atoms with Crippen LogP contribution in [0.5, 0.6) is 0 Å². The van der Waals surface area contributed by atoms with Crippen LogP contribution in [0.25, 0.3) is 0 Å². The highest BCUT2D eigenvalue weighted by Gasteiger charge is 2.26. The van der Waals surface area contributed by atoms with E-state index in [1.54, 1.807) is 7.11 Å². The van der Waals surface area contributed by atoms with Crippen molar-refractivity contribution >= 4 is 5.69 Å². The Bertz CT molecular complexity index is 561. The first kappa shape index (κ1) is 14.5. The summed E-state index contributed by atoms with van der Waals surface area (Å²) in [5, 5.41) is 3.99. The molecule has 0 aliphatic rings. The van der Waals surface area contributed by atoms with E-state index in [1.165, 1.54) is 5.56 Å². The molecule has 0 radical (unpaired) electrons. The minimum atomic E-state index is -0.536. The first-order valence-electron chi connectivity index (χ1n) is 6.66. The van der Waals surface area contributed by atoms with E-state index in [2.05, 4.69) is 17.1 Å². The summed E-state index contributed by atoms with van der Waals surface area (Å²) in [7, 11) is 1.63. The summed E-state index contributed by atoms with van der Waals surface area (Å²) in [5.41, 5.74) is 7.12. The Hall–Kier alpha value is -1.88. The predicted molar refractivity (Wildman–Crippen MR) is 77.3 cm³/mol. The minimum Gasteiger partial charge on any atom is -0.399 e. The quantitative estimate of drug-likeness (QED) is 0.849. The second-order valence-electron chi connectivity index (χ2n) is 5.50. The Kier molecular flexibility index (Phi) is 4.09. The Morgan fingerprint density at radius 3 is 2.55 bits per heavy atom. The molecule has 0 aliphatic carbocycles. The van der Waals surface area contributed by atoms with Crippen molar-refractivity contribution in [2.24, 2.45) is 0 Å². The van der Waals surface area contributed by atoms with Crippen LogP contribution in [0.4, 0.5) is 5.69 Å². The van der Waals surface area contributed by atoms with E-state index in [0.29, 0.717) is 18.1 Å². The van der Waals surface area contributed by atoms with Gasteiger partial charge in [0.1, 0.15) is 5.60 Å². The van der Waals surface area contributed by atoms with Gasteiger partial charge in [0.25, 0.3) is 0 Å². The van der Waals surface area contributed by atoms with Gasteiger partial charge < -0.3 is 15.0 Å². The van der Waals surface area contributed by atoms with Crippen LogP contribution in [-0.4, -0.2) is 17.3 Å². The smallest absolute Gasteiger partial charge is 0.227 e. The Balaban J connectivity index is 2.09. The molecule has 5 heteroatoms. The number of benzene rings is 1. The van der Waals surface area contributed by atoms with E-state index < -0.39 is 5.60 Å². The van der Waals surface area contributed by atoms with Crippen LogP contribution in [0.3, 0.4) is 0 Å². The number of hydrogen-bond acceptors (Lipinski definition) is 5. The van der Waals surface area contributed by atoms with Crippen molar-refractivity contribution in [2.45, 2.75) is 38.7 Å². The zero-order chi connectivity index (χ0) is 14.8. The number of nitrogen functional groups attached to an aromatic ring is 1. The Labute approximate surface area is 119 Å². The molecule has 20 heavy (non-hydrogen) atoms. The molecule has 5 nitrogen and oxygen atoms in total. The van der Waals surface area contributed by atoms with E-state index in [1.807, 2.05) is 38.1 Å². The highest BCUT2D eigenvalue weighted by Crippen LogP contribution is 2.24. The Morgan fingerprint density at radius 2 is 1.95 bits per heavy atom. The fourth-order valence-electron chi connectivity index (χ4n) is 1.88. The fraction of sp³-hybridized carbons (Fsp3) is 0.467. The molecule has 1 heterocycles. The first-order valence-corrected chi connectivity index (χ1v) is 6.66. The summed E-state index contributed by atoms with van der Waals surface area (Å²) in [6.07, 6.45) is 0.691. The van der Waals surface area contributed by atoms with Crippen LogP contribution in [0, 0.1) is 0 Å². The molecule has 0 bridgehead atoms. The van der Waals surface area contributed by atoms with E-state index in [0.717, 1.165) is 5.69 Å². The number of rotatable bonds is 5. The van der Waals surface area contributed by atoms with Crippen LogP contribution < -0.4 is 5.73 Å². The van der Waals surface area contributed by atoms with E-state index >= 15 is 0 Å². The average molecular weight is 275 g/mol. The Morgan fingerprint density at radius 1 is 1.30 bits per heavy atom. The van der Waals surface area contributed by atoms with Gasteiger partial charge in [-0.3, -0.25) is 0 Å². The molecule has 1 unspecified atom stereocenters. The van der Waals surface area contributed by atoms with Gasteiger partial charge in [-0.25, -0.2) is 0 Å². The van der Waals surface area contributed by atoms with Gasteiger partial charge in [-0.15, -0.1) is 0 Å². The number of ether oxygens (including phenoxy) is 1. The van der Waals surface area contributed by atoms with Gasteiger partial charge in [-0.05, 0) is 37.5 Å². The molecule has 0 fully saturated rings. The van der Waals surface area contributed by atoms with Crippen molar-refractivity contribution in [3.8, 4) is 0 Å². The van der Waals surface area contributed by atoms with Crippen LogP contribution in [0.1, 0.15) is 44.0 Å². The number of nitrogens with zero attached hydrogens (tertiary/aromatic N) is 2. The molecule has 1 atom stereocenters. The van der Waals surface area contributed by atoms with Crippen molar-refractivity contribution < 1.29 is 9.26 Å². The summed E-state index contributed by atoms with van der Waals surface area (Å²) < 4.78 is 10.6. The van der Waals surface area contributed by atoms with Gasteiger partial charge in [0.15, 0.2) is 0 Å². The molecule has 108 valence electrons. The van der Waals surface area contributed by atoms with Crippen molar-refractivity contribution in [2.75, 3.05) is 12.8 Å². The maximum Gasteiger partial charge on any atom is 0.227 e. The highest BCUT2D eigenvalue weighted by atomic mass is 16.5. The lowest BCUT2D eigenvalue weighted by atomic mass is 9.97. The molecule has 2 N–H and O–H groups in total. The second kappa shape index (κ2) is 5.63.